The molecular formula is C12H12BrN. The zero-order chi connectivity index (χ0) is 10.7. The van der Waals surface area contributed by atoms with Crippen molar-refractivity contribution in [3.63, 3.8) is 0 Å². The Morgan fingerprint density at radius 2 is 1.86 bits per heavy atom. The Kier molecular flexibility index (Phi) is 3.49. The molecule has 1 aromatic carbocycles. The predicted octanol–water partition coefficient (Wildman–Crippen LogP) is 3.99. The van der Waals surface area contributed by atoms with Crippen molar-refractivity contribution >= 4 is 22.0 Å². The molecule has 0 aliphatic carbocycles. The van der Waals surface area contributed by atoms with E-state index in [0.29, 0.717) is 0 Å². The number of rotatable bonds is 1. The number of allylic oxidation sites excluding steroid dienone is 1. The highest BCUT2D eigenvalue weighted by Gasteiger charge is 2.00. The first kappa shape index (κ1) is 11.0. The summed E-state index contributed by atoms with van der Waals surface area (Å²) in [6.07, 6.45) is 1.90. The van der Waals surface area contributed by atoms with E-state index >= 15 is 0 Å². The minimum absolute atomic E-state index is 0.728. The van der Waals surface area contributed by atoms with Gasteiger partial charge in [0.25, 0.3) is 0 Å². The molecule has 14 heavy (non-hydrogen) atoms. The number of hydrogen-bond acceptors (Lipinski definition) is 1. The van der Waals surface area contributed by atoms with Crippen molar-refractivity contribution in [2.75, 3.05) is 0 Å². The highest BCUT2D eigenvalue weighted by Crippen LogP contribution is 2.23. The lowest BCUT2D eigenvalue weighted by molar-refractivity contribution is 1.33. The molecule has 0 radical (unpaired) electrons. The Balaban J connectivity index is 3.21. The fourth-order valence-electron chi connectivity index (χ4n) is 1.35. The normalized spacial score (nSPS) is 11.2. The van der Waals surface area contributed by atoms with Gasteiger partial charge in [-0.2, -0.15) is 5.26 Å². The molecule has 0 unspecified atom stereocenters. The minimum atomic E-state index is 0.728. The first-order valence-corrected chi connectivity index (χ1v) is 5.19. The van der Waals surface area contributed by atoms with E-state index in [1.807, 2.05) is 13.0 Å². The largest absolute Gasteiger partial charge is 0.193 e. The molecule has 0 spiro atoms. The van der Waals surface area contributed by atoms with Gasteiger partial charge in [0.1, 0.15) is 0 Å². The maximum atomic E-state index is 8.66. The number of nitriles is 1. The van der Waals surface area contributed by atoms with Crippen molar-refractivity contribution in [1.82, 2.24) is 0 Å². The molecule has 0 aliphatic rings. The molecule has 0 heterocycles. The summed E-state index contributed by atoms with van der Waals surface area (Å²) in [5.74, 6) is 0. The van der Waals surface area contributed by atoms with Crippen molar-refractivity contribution in [3.8, 4) is 6.07 Å². The van der Waals surface area contributed by atoms with E-state index in [1.54, 1.807) is 0 Å². The van der Waals surface area contributed by atoms with E-state index in [1.165, 1.54) is 11.1 Å². The lowest BCUT2D eigenvalue weighted by Crippen LogP contribution is -1.84. The summed E-state index contributed by atoms with van der Waals surface area (Å²) in [4.78, 5) is 0. The molecule has 0 fully saturated rings. The molecule has 1 nitrogen and oxygen atoms in total. The summed E-state index contributed by atoms with van der Waals surface area (Å²) in [6, 6.07) is 6.25. The van der Waals surface area contributed by atoms with Gasteiger partial charge in [-0.3, -0.25) is 0 Å². The number of hydrogen-bond donors (Lipinski definition) is 0. The third-order valence-electron chi connectivity index (χ3n) is 2.02. The van der Waals surface area contributed by atoms with Crippen molar-refractivity contribution in [2.24, 2.45) is 0 Å². The van der Waals surface area contributed by atoms with Crippen LogP contribution < -0.4 is 0 Å². The quantitative estimate of drug-likeness (QED) is 0.691. The molecule has 0 saturated carbocycles. The minimum Gasteiger partial charge on any atom is -0.193 e. The van der Waals surface area contributed by atoms with Crippen LogP contribution in [-0.2, 0) is 0 Å². The second-order valence-electron chi connectivity index (χ2n) is 3.41. The van der Waals surface area contributed by atoms with E-state index in [4.69, 9.17) is 5.26 Å². The van der Waals surface area contributed by atoms with Crippen molar-refractivity contribution in [2.45, 2.75) is 20.8 Å². The Morgan fingerprint density at radius 3 is 2.29 bits per heavy atom. The van der Waals surface area contributed by atoms with Crippen LogP contribution in [-0.4, -0.2) is 0 Å². The van der Waals surface area contributed by atoms with Gasteiger partial charge in [0, 0.05) is 10.0 Å². The second kappa shape index (κ2) is 4.43. The third-order valence-corrected chi connectivity index (χ3v) is 3.27. The molecule has 0 N–H and O–H groups in total. The Morgan fingerprint density at radius 1 is 1.36 bits per heavy atom. The zero-order valence-electron chi connectivity index (χ0n) is 8.56. The van der Waals surface area contributed by atoms with Crippen LogP contribution in [0.3, 0.4) is 0 Å². The van der Waals surface area contributed by atoms with Crippen molar-refractivity contribution in [1.29, 1.82) is 5.26 Å². The number of halogens is 1. The molecule has 0 bridgehead atoms. The molecule has 0 saturated heterocycles. The van der Waals surface area contributed by atoms with Crippen LogP contribution in [0.4, 0.5) is 0 Å². The summed E-state index contributed by atoms with van der Waals surface area (Å²) < 4.78 is 1.14. The van der Waals surface area contributed by atoms with E-state index in [9.17, 15) is 0 Å². The maximum absolute atomic E-state index is 8.66. The van der Waals surface area contributed by atoms with E-state index < -0.39 is 0 Å². The Labute approximate surface area is 93.2 Å². The lowest BCUT2D eigenvalue weighted by atomic mass is 10.1. The summed E-state index contributed by atoms with van der Waals surface area (Å²) in [6.45, 7) is 5.92. The number of nitrogens with zero attached hydrogens (tertiary/aromatic N) is 1. The SMILES string of the molecule is C/C(C#N)=C/c1cc(C)c(Br)c(C)c1. The first-order valence-electron chi connectivity index (χ1n) is 4.39. The molecule has 0 aliphatic heterocycles. The molecule has 0 amide bonds. The summed E-state index contributed by atoms with van der Waals surface area (Å²) in [7, 11) is 0. The van der Waals surface area contributed by atoms with Crippen molar-refractivity contribution < 1.29 is 0 Å². The zero-order valence-corrected chi connectivity index (χ0v) is 10.1. The van der Waals surface area contributed by atoms with Crippen LogP contribution >= 0.6 is 15.9 Å². The molecular weight excluding hydrogens is 238 g/mol. The monoisotopic (exact) mass is 249 g/mol. The van der Waals surface area contributed by atoms with Crippen LogP contribution in [0.2, 0.25) is 0 Å². The third kappa shape index (κ3) is 2.46. The first-order chi connectivity index (χ1) is 6.54. The van der Waals surface area contributed by atoms with Gasteiger partial charge >= 0.3 is 0 Å². The molecule has 0 aromatic heterocycles. The van der Waals surface area contributed by atoms with E-state index in [2.05, 4.69) is 48.0 Å². The lowest BCUT2D eigenvalue weighted by Gasteiger charge is -2.04. The molecule has 1 aromatic rings. The Hall–Kier alpha value is -1.07. The average Bonchev–Trinajstić information content (AvgIpc) is 2.14. The molecule has 2 heteroatoms. The smallest absolute Gasteiger partial charge is 0.0944 e. The van der Waals surface area contributed by atoms with Crippen LogP contribution in [0.15, 0.2) is 22.2 Å². The Bertz CT molecular complexity index is 401. The predicted molar refractivity (Wildman–Crippen MR) is 62.9 cm³/mol. The molecule has 1 rings (SSSR count). The van der Waals surface area contributed by atoms with Gasteiger partial charge in [0.2, 0.25) is 0 Å². The summed E-state index contributed by atoms with van der Waals surface area (Å²) in [5, 5.41) is 8.66. The van der Waals surface area contributed by atoms with Crippen LogP contribution in [0.5, 0.6) is 0 Å². The van der Waals surface area contributed by atoms with Crippen LogP contribution in [0.1, 0.15) is 23.6 Å². The van der Waals surface area contributed by atoms with Gasteiger partial charge in [0.05, 0.1) is 6.07 Å². The maximum Gasteiger partial charge on any atom is 0.0944 e. The van der Waals surface area contributed by atoms with Gasteiger partial charge in [0.15, 0.2) is 0 Å². The van der Waals surface area contributed by atoms with Crippen molar-refractivity contribution in [3.05, 3.63) is 38.9 Å². The fraction of sp³-hybridized carbons (Fsp3) is 0.250. The van der Waals surface area contributed by atoms with E-state index in [-0.39, 0.29) is 0 Å². The second-order valence-corrected chi connectivity index (χ2v) is 4.20. The summed E-state index contributed by atoms with van der Waals surface area (Å²) >= 11 is 3.51. The molecule has 72 valence electrons. The van der Waals surface area contributed by atoms with Gasteiger partial charge in [-0.05, 0) is 43.5 Å². The number of aryl methyl sites for hydroxylation is 2. The van der Waals surface area contributed by atoms with E-state index in [0.717, 1.165) is 15.6 Å². The summed E-state index contributed by atoms with van der Waals surface area (Å²) in [5.41, 5.74) is 4.21. The topological polar surface area (TPSA) is 23.8 Å². The van der Waals surface area contributed by atoms with Crippen LogP contribution in [0.25, 0.3) is 6.08 Å². The fourth-order valence-corrected chi connectivity index (χ4v) is 1.57. The average molecular weight is 250 g/mol. The van der Waals surface area contributed by atoms with Gasteiger partial charge < -0.3 is 0 Å². The standard InChI is InChI=1S/C12H12BrN/c1-8(7-14)4-11-5-9(2)12(13)10(3)6-11/h4-6H,1-3H3/b8-4-. The van der Waals surface area contributed by atoms with Gasteiger partial charge in [-0.25, -0.2) is 0 Å². The van der Waals surface area contributed by atoms with Gasteiger partial charge in [-0.15, -0.1) is 0 Å². The highest BCUT2D eigenvalue weighted by atomic mass is 79.9. The van der Waals surface area contributed by atoms with Gasteiger partial charge in [-0.1, -0.05) is 28.1 Å². The van der Waals surface area contributed by atoms with Crippen LogP contribution in [0, 0.1) is 25.2 Å². The highest BCUT2D eigenvalue weighted by molar-refractivity contribution is 9.10. The molecule has 0 atom stereocenters. The number of benzene rings is 1.